The molecule has 0 aliphatic rings. The van der Waals surface area contributed by atoms with Crippen molar-refractivity contribution in [3.8, 4) is 16.3 Å². The van der Waals surface area contributed by atoms with Gasteiger partial charge in [0.1, 0.15) is 10.8 Å². The lowest BCUT2D eigenvalue weighted by Crippen LogP contribution is -2.35. The maximum Gasteiger partial charge on any atom is 0.253 e. The molecule has 4 aromatic rings. The van der Waals surface area contributed by atoms with Crippen LogP contribution in [0.25, 0.3) is 10.6 Å². The topological polar surface area (TPSA) is 84.4 Å². The zero-order valence-corrected chi connectivity index (χ0v) is 21.8. The molecule has 0 radical (unpaired) electrons. The summed E-state index contributed by atoms with van der Waals surface area (Å²) in [7, 11) is 1.62. The van der Waals surface area contributed by atoms with E-state index in [1.165, 1.54) is 16.9 Å². The van der Waals surface area contributed by atoms with Crippen molar-refractivity contribution >= 4 is 28.3 Å². The first-order chi connectivity index (χ1) is 18.1. The number of aryl methyl sites for hydroxylation is 1. The zero-order chi connectivity index (χ0) is 26.0. The molecular weight excluding hydrogens is 484 g/mol. The summed E-state index contributed by atoms with van der Waals surface area (Å²) in [6, 6.07) is 25.2. The maximum atomic E-state index is 13.3. The average Bonchev–Trinajstić information content (AvgIpc) is 3.41. The number of ether oxygens (including phenoxy) is 1. The van der Waals surface area contributed by atoms with Crippen LogP contribution in [0, 0.1) is 0 Å². The van der Waals surface area contributed by atoms with E-state index in [0.717, 1.165) is 23.3 Å². The Kier molecular flexibility index (Phi) is 8.99. The molecule has 0 saturated carbocycles. The number of nitrogens with one attached hydrogen (secondary N) is 1. The van der Waals surface area contributed by atoms with E-state index in [-0.39, 0.29) is 18.2 Å². The van der Waals surface area contributed by atoms with Crippen LogP contribution in [0.4, 0.5) is 5.13 Å². The van der Waals surface area contributed by atoms with Crippen LogP contribution in [0.5, 0.6) is 5.75 Å². The highest BCUT2D eigenvalue weighted by molar-refractivity contribution is 7.18. The van der Waals surface area contributed by atoms with E-state index in [0.29, 0.717) is 35.2 Å². The first kappa shape index (κ1) is 26.0. The molecule has 0 aliphatic heterocycles. The van der Waals surface area contributed by atoms with Crippen LogP contribution in [0.2, 0.25) is 0 Å². The number of anilines is 1. The predicted octanol–water partition coefficient (Wildman–Crippen LogP) is 5.49. The first-order valence-corrected chi connectivity index (χ1v) is 13.1. The molecule has 0 unspecified atom stereocenters. The van der Waals surface area contributed by atoms with Gasteiger partial charge in [-0.3, -0.25) is 9.59 Å². The van der Waals surface area contributed by atoms with Crippen molar-refractivity contribution in [3.05, 3.63) is 95.6 Å². The van der Waals surface area contributed by atoms with Crippen molar-refractivity contribution in [2.45, 2.75) is 26.2 Å². The second-order valence-electron chi connectivity index (χ2n) is 8.52. The van der Waals surface area contributed by atoms with Gasteiger partial charge in [-0.05, 0) is 60.4 Å². The second kappa shape index (κ2) is 12.8. The Morgan fingerprint density at radius 2 is 1.62 bits per heavy atom. The normalized spacial score (nSPS) is 10.6. The highest BCUT2D eigenvalue weighted by Crippen LogP contribution is 2.27. The Morgan fingerprint density at radius 1 is 0.892 bits per heavy atom. The van der Waals surface area contributed by atoms with E-state index < -0.39 is 0 Å². The summed E-state index contributed by atoms with van der Waals surface area (Å²) < 4.78 is 5.19. The number of rotatable bonds is 11. The summed E-state index contributed by atoms with van der Waals surface area (Å²) >= 11 is 1.30. The van der Waals surface area contributed by atoms with Gasteiger partial charge < -0.3 is 15.0 Å². The lowest BCUT2D eigenvalue weighted by atomic mass is 10.1. The molecule has 1 heterocycles. The average molecular weight is 515 g/mol. The minimum absolute atomic E-state index is 0.0795. The van der Waals surface area contributed by atoms with Gasteiger partial charge in [0, 0.05) is 30.6 Å². The standard InChI is InChI=1S/C29H30N4O3S/c1-3-21-9-11-24(12-10-21)28(35)33(19-17-22-7-5-4-6-8-22)20-18-26(34)30-29-32-31-27(37-29)23-13-15-25(36-2)16-14-23/h4-16H,3,17-20H2,1-2H3,(H,30,32,34). The number of hydrogen-bond acceptors (Lipinski definition) is 6. The molecule has 0 fully saturated rings. The van der Waals surface area contributed by atoms with Crippen LogP contribution in [-0.2, 0) is 17.6 Å². The molecule has 0 spiro atoms. The van der Waals surface area contributed by atoms with Gasteiger partial charge in [-0.2, -0.15) is 0 Å². The third kappa shape index (κ3) is 7.24. The monoisotopic (exact) mass is 514 g/mol. The van der Waals surface area contributed by atoms with Crippen LogP contribution in [-0.4, -0.2) is 47.1 Å². The lowest BCUT2D eigenvalue weighted by Gasteiger charge is -2.23. The molecule has 7 nitrogen and oxygen atoms in total. The largest absolute Gasteiger partial charge is 0.497 e. The molecule has 4 rings (SSSR count). The molecule has 37 heavy (non-hydrogen) atoms. The minimum Gasteiger partial charge on any atom is -0.497 e. The highest BCUT2D eigenvalue weighted by atomic mass is 32.1. The summed E-state index contributed by atoms with van der Waals surface area (Å²) in [5, 5.41) is 12.2. The quantitative estimate of drug-likeness (QED) is 0.286. The molecule has 2 amide bonds. The van der Waals surface area contributed by atoms with Gasteiger partial charge in [0.2, 0.25) is 11.0 Å². The van der Waals surface area contributed by atoms with Crippen molar-refractivity contribution in [3.63, 3.8) is 0 Å². The fourth-order valence-corrected chi connectivity index (χ4v) is 4.60. The lowest BCUT2D eigenvalue weighted by molar-refractivity contribution is -0.116. The Hall–Kier alpha value is -4.04. The van der Waals surface area contributed by atoms with Crippen molar-refractivity contribution in [1.82, 2.24) is 15.1 Å². The molecular formula is C29H30N4O3S. The summed E-state index contributed by atoms with van der Waals surface area (Å²) in [6.07, 6.45) is 1.78. The van der Waals surface area contributed by atoms with Crippen molar-refractivity contribution in [2.75, 3.05) is 25.5 Å². The molecule has 3 aromatic carbocycles. The van der Waals surface area contributed by atoms with E-state index in [4.69, 9.17) is 4.74 Å². The Balaban J connectivity index is 1.38. The molecule has 1 N–H and O–H groups in total. The predicted molar refractivity (Wildman–Crippen MR) is 147 cm³/mol. The van der Waals surface area contributed by atoms with Crippen molar-refractivity contribution in [1.29, 1.82) is 0 Å². The zero-order valence-electron chi connectivity index (χ0n) is 21.0. The molecule has 0 bridgehead atoms. The SMILES string of the molecule is CCc1ccc(C(=O)N(CCC(=O)Nc2nnc(-c3ccc(OC)cc3)s2)CCc2ccccc2)cc1. The third-order valence-electron chi connectivity index (χ3n) is 6.03. The molecule has 0 saturated heterocycles. The third-order valence-corrected chi connectivity index (χ3v) is 6.91. The van der Waals surface area contributed by atoms with E-state index in [1.54, 1.807) is 12.0 Å². The number of hydrogen-bond donors (Lipinski definition) is 1. The highest BCUT2D eigenvalue weighted by Gasteiger charge is 2.18. The number of nitrogens with zero attached hydrogens (tertiary/aromatic N) is 3. The fourth-order valence-electron chi connectivity index (χ4n) is 3.83. The number of aromatic nitrogens is 2. The van der Waals surface area contributed by atoms with Gasteiger partial charge in [-0.1, -0.05) is 60.7 Å². The molecule has 0 aliphatic carbocycles. The van der Waals surface area contributed by atoms with E-state index in [9.17, 15) is 9.59 Å². The molecule has 0 atom stereocenters. The van der Waals surface area contributed by atoms with Crippen LogP contribution < -0.4 is 10.1 Å². The van der Waals surface area contributed by atoms with Gasteiger partial charge in [0.05, 0.1) is 7.11 Å². The van der Waals surface area contributed by atoms with E-state index in [1.807, 2.05) is 78.9 Å². The summed E-state index contributed by atoms with van der Waals surface area (Å²) in [5.74, 6) is 0.467. The van der Waals surface area contributed by atoms with Crippen molar-refractivity contribution < 1.29 is 14.3 Å². The Bertz CT molecular complexity index is 1310. The number of benzene rings is 3. The maximum absolute atomic E-state index is 13.3. The van der Waals surface area contributed by atoms with Gasteiger partial charge in [-0.15, -0.1) is 10.2 Å². The number of carbonyl (C=O) groups is 2. The Morgan fingerprint density at radius 3 is 2.30 bits per heavy atom. The van der Waals surface area contributed by atoms with E-state index >= 15 is 0 Å². The summed E-state index contributed by atoms with van der Waals surface area (Å²) in [5.41, 5.74) is 3.84. The Labute approximate surface area is 221 Å². The van der Waals surface area contributed by atoms with Crippen molar-refractivity contribution in [2.24, 2.45) is 0 Å². The second-order valence-corrected chi connectivity index (χ2v) is 9.49. The van der Waals surface area contributed by atoms with Crippen LogP contribution in [0.15, 0.2) is 78.9 Å². The van der Waals surface area contributed by atoms with Gasteiger partial charge in [0.25, 0.3) is 5.91 Å². The smallest absolute Gasteiger partial charge is 0.253 e. The van der Waals surface area contributed by atoms with Gasteiger partial charge >= 0.3 is 0 Å². The number of amides is 2. The van der Waals surface area contributed by atoms with Gasteiger partial charge in [-0.25, -0.2) is 0 Å². The fraction of sp³-hybridized carbons (Fsp3) is 0.241. The minimum atomic E-state index is -0.212. The first-order valence-electron chi connectivity index (χ1n) is 12.3. The molecule has 190 valence electrons. The number of carbonyl (C=O) groups excluding carboxylic acids is 2. The molecule has 1 aromatic heterocycles. The molecule has 8 heteroatoms. The summed E-state index contributed by atoms with van der Waals surface area (Å²) in [6.45, 7) is 2.91. The van der Waals surface area contributed by atoms with Crippen LogP contribution in [0.3, 0.4) is 0 Å². The van der Waals surface area contributed by atoms with E-state index in [2.05, 4.69) is 22.4 Å². The summed E-state index contributed by atoms with van der Waals surface area (Å²) in [4.78, 5) is 27.8. The van der Waals surface area contributed by atoms with Gasteiger partial charge in [0.15, 0.2) is 0 Å². The van der Waals surface area contributed by atoms with Crippen LogP contribution in [0.1, 0.15) is 34.8 Å². The van der Waals surface area contributed by atoms with Crippen LogP contribution >= 0.6 is 11.3 Å². The number of methoxy groups -OCH3 is 1.